The summed E-state index contributed by atoms with van der Waals surface area (Å²) in [5, 5.41) is 0. The van der Waals surface area contributed by atoms with Crippen LogP contribution in [0.5, 0.6) is 0 Å². The lowest BCUT2D eigenvalue weighted by Crippen LogP contribution is -2.24. The van der Waals surface area contributed by atoms with Crippen molar-refractivity contribution < 1.29 is 4.39 Å². The third-order valence-corrected chi connectivity index (χ3v) is 2.07. The first kappa shape index (κ1) is 7.00. The van der Waals surface area contributed by atoms with Crippen LogP contribution in [-0.2, 0) is 0 Å². The van der Waals surface area contributed by atoms with Gasteiger partial charge in [-0.1, -0.05) is 0 Å². The Hall–Kier alpha value is -0.110. The SMILES string of the molecule is CN(C)C1CCC(F)C1. The minimum atomic E-state index is -0.530. The second kappa shape index (κ2) is 2.65. The van der Waals surface area contributed by atoms with Gasteiger partial charge in [-0.15, -0.1) is 0 Å². The summed E-state index contributed by atoms with van der Waals surface area (Å²) in [5.41, 5.74) is 0. The van der Waals surface area contributed by atoms with Crippen LogP contribution in [0.4, 0.5) is 4.39 Å². The molecule has 2 unspecified atom stereocenters. The van der Waals surface area contributed by atoms with Gasteiger partial charge >= 0.3 is 0 Å². The van der Waals surface area contributed by atoms with E-state index in [1.165, 1.54) is 0 Å². The predicted octanol–water partition coefficient (Wildman–Crippen LogP) is 1.44. The molecule has 0 aliphatic heterocycles. The molecule has 0 heterocycles. The van der Waals surface area contributed by atoms with Gasteiger partial charge < -0.3 is 4.90 Å². The number of nitrogens with zero attached hydrogens (tertiary/aromatic N) is 1. The van der Waals surface area contributed by atoms with E-state index in [1.807, 2.05) is 14.1 Å². The first-order valence-corrected chi connectivity index (χ1v) is 3.50. The summed E-state index contributed by atoms with van der Waals surface area (Å²) < 4.78 is 12.5. The van der Waals surface area contributed by atoms with Gasteiger partial charge in [-0.2, -0.15) is 0 Å². The molecule has 0 N–H and O–H groups in total. The van der Waals surface area contributed by atoms with Crippen molar-refractivity contribution in [1.82, 2.24) is 4.90 Å². The lowest BCUT2D eigenvalue weighted by atomic mass is 10.2. The maximum absolute atomic E-state index is 12.5. The summed E-state index contributed by atoms with van der Waals surface area (Å²) in [6.07, 6.45) is 2.02. The Morgan fingerprint density at radius 1 is 1.33 bits per heavy atom. The molecule has 1 fully saturated rings. The zero-order chi connectivity index (χ0) is 6.85. The molecule has 1 nitrogen and oxygen atoms in total. The predicted molar refractivity (Wildman–Crippen MR) is 36.2 cm³/mol. The highest BCUT2D eigenvalue weighted by atomic mass is 19.1. The highest BCUT2D eigenvalue weighted by Crippen LogP contribution is 2.24. The normalized spacial score (nSPS) is 36.0. The Labute approximate surface area is 55.8 Å². The van der Waals surface area contributed by atoms with Gasteiger partial charge in [0.15, 0.2) is 0 Å². The van der Waals surface area contributed by atoms with Crippen molar-refractivity contribution in [2.45, 2.75) is 31.5 Å². The van der Waals surface area contributed by atoms with Gasteiger partial charge in [-0.25, -0.2) is 4.39 Å². The van der Waals surface area contributed by atoms with E-state index < -0.39 is 6.17 Å². The highest BCUT2D eigenvalue weighted by molar-refractivity contribution is 4.79. The summed E-state index contributed by atoms with van der Waals surface area (Å²) >= 11 is 0. The van der Waals surface area contributed by atoms with E-state index in [2.05, 4.69) is 4.90 Å². The van der Waals surface area contributed by atoms with Crippen LogP contribution in [0, 0.1) is 0 Å². The van der Waals surface area contributed by atoms with E-state index in [9.17, 15) is 4.39 Å². The van der Waals surface area contributed by atoms with Crippen molar-refractivity contribution in [2.75, 3.05) is 14.1 Å². The summed E-state index contributed by atoms with van der Waals surface area (Å²) in [6, 6.07) is 0.500. The van der Waals surface area contributed by atoms with Crippen molar-refractivity contribution >= 4 is 0 Å². The van der Waals surface area contributed by atoms with Crippen molar-refractivity contribution in [2.24, 2.45) is 0 Å². The molecule has 1 rings (SSSR count). The van der Waals surface area contributed by atoms with Crippen LogP contribution in [0.1, 0.15) is 19.3 Å². The lowest BCUT2D eigenvalue weighted by molar-refractivity contribution is 0.270. The van der Waals surface area contributed by atoms with Crippen molar-refractivity contribution in [3.63, 3.8) is 0 Å². The molecule has 9 heavy (non-hydrogen) atoms. The van der Waals surface area contributed by atoms with Crippen LogP contribution >= 0.6 is 0 Å². The molecule has 1 aliphatic carbocycles. The Morgan fingerprint density at radius 3 is 2.22 bits per heavy atom. The van der Waals surface area contributed by atoms with Gasteiger partial charge in [-0.3, -0.25) is 0 Å². The van der Waals surface area contributed by atoms with E-state index in [4.69, 9.17) is 0 Å². The van der Waals surface area contributed by atoms with Crippen LogP contribution in [0.15, 0.2) is 0 Å². The van der Waals surface area contributed by atoms with Crippen LogP contribution in [0.25, 0.3) is 0 Å². The summed E-state index contributed by atoms with van der Waals surface area (Å²) in [7, 11) is 4.03. The number of hydrogen-bond donors (Lipinski definition) is 0. The second-order valence-corrected chi connectivity index (χ2v) is 3.03. The molecule has 1 aliphatic rings. The van der Waals surface area contributed by atoms with E-state index >= 15 is 0 Å². The topological polar surface area (TPSA) is 3.24 Å². The Bertz CT molecular complexity index is 92.9. The average Bonchev–Trinajstić information content (AvgIpc) is 2.14. The molecule has 0 aromatic carbocycles. The summed E-state index contributed by atoms with van der Waals surface area (Å²) in [5.74, 6) is 0. The van der Waals surface area contributed by atoms with Crippen LogP contribution in [-0.4, -0.2) is 31.2 Å². The van der Waals surface area contributed by atoms with Gasteiger partial charge in [0.25, 0.3) is 0 Å². The number of halogens is 1. The van der Waals surface area contributed by atoms with E-state index in [0.717, 1.165) is 19.3 Å². The zero-order valence-corrected chi connectivity index (χ0v) is 6.10. The molecule has 2 heteroatoms. The van der Waals surface area contributed by atoms with Crippen LogP contribution in [0.2, 0.25) is 0 Å². The van der Waals surface area contributed by atoms with Gasteiger partial charge in [0.2, 0.25) is 0 Å². The fourth-order valence-electron chi connectivity index (χ4n) is 1.37. The number of rotatable bonds is 1. The van der Waals surface area contributed by atoms with E-state index in [-0.39, 0.29) is 0 Å². The third kappa shape index (κ3) is 1.65. The van der Waals surface area contributed by atoms with E-state index in [1.54, 1.807) is 0 Å². The maximum Gasteiger partial charge on any atom is 0.102 e. The van der Waals surface area contributed by atoms with Crippen molar-refractivity contribution in [1.29, 1.82) is 0 Å². The molecule has 0 aromatic heterocycles. The fraction of sp³-hybridized carbons (Fsp3) is 1.00. The molecule has 1 saturated carbocycles. The second-order valence-electron chi connectivity index (χ2n) is 3.03. The van der Waals surface area contributed by atoms with Gasteiger partial charge in [-0.05, 0) is 33.4 Å². The molecule has 0 radical (unpaired) electrons. The third-order valence-electron chi connectivity index (χ3n) is 2.07. The quantitative estimate of drug-likeness (QED) is 0.520. The fourth-order valence-corrected chi connectivity index (χ4v) is 1.37. The molecule has 54 valence electrons. The zero-order valence-electron chi connectivity index (χ0n) is 6.10. The molecule has 0 spiro atoms. The Balaban J connectivity index is 2.30. The monoisotopic (exact) mass is 131 g/mol. The molecule has 0 saturated heterocycles. The Kier molecular flexibility index (Phi) is 2.06. The summed E-state index contributed by atoms with van der Waals surface area (Å²) in [4.78, 5) is 2.11. The molecule has 0 amide bonds. The van der Waals surface area contributed by atoms with Gasteiger partial charge in [0.05, 0.1) is 0 Å². The first-order chi connectivity index (χ1) is 4.20. The summed E-state index contributed by atoms with van der Waals surface area (Å²) in [6.45, 7) is 0. The van der Waals surface area contributed by atoms with Crippen LogP contribution < -0.4 is 0 Å². The van der Waals surface area contributed by atoms with Crippen molar-refractivity contribution in [3.8, 4) is 0 Å². The van der Waals surface area contributed by atoms with Gasteiger partial charge in [0.1, 0.15) is 6.17 Å². The Morgan fingerprint density at radius 2 is 2.00 bits per heavy atom. The largest absolute Gasteiger partial charge is 0.306 e. The standard InChI is InChI=1S/C7H14FN/c1-9(2)7-4-3-6(8)5-7/h6-7H,3-5H2,1-2H3. The average molecular weight is 131 g/mol. The molecular weight excluding hydrogens is 117 g/mol. The molecule has 2 atom stereocenters. The number of alkyl halides is 1. The lowest BCUT2D eigenvalue weighted by Gasteiger charge is -2.17. The number of hydrogen-bond acceptors (Lipinski definition) is 1. The molecule has 0 aromatic rings. The van der Waals surface area contributed by atoms with E-state index in [0.29, 0.717) is 6.04 Å². The van der Waals surface area contributed by atoms with Gasteiger partial charge in [0, 0.05) is 6.04 Å². The maximum atomic E-state index is 12.5. The molecular formula is C7H14FN. The molecule has 0 bridgehead atoms. The minimum Gasteiger partial charge on any atom is -0.306 e. The smallest absolute Gasteiger partial charge is 0.102 e. The van der Waals surface area contributed by atoms with Crippen LogP contribution in [0.3, 0.4) is 0 Å². The minimum absolute atomic E-state index is 0.500. The van der Waals surface area contributed by atoms with Crippen molar-refractivity contribution in [3.05, 3.63) is 0 Å². The first-order valence-electron chi connectivity index (χ1n) is 3.50. The highest BCUT2D eigenvalue weighted by Gasteiger charge is 2.24.